The lowest BCUT2D eigenvalue weighted by atomic mass is 10.1. The Morgan fingerprint density at radius 3 is 2.60 bits per heavy atom. The molecule has 128 valence electrons. The van der Waals surface area contributed by atoms with Gasteiger partial charge in [-0.15, -0.1) is 0 Å². The molecule has 0 radical (unpaired) electrons. The zero-order valence-corrected chi connectivity index (χ0v) is 14.1. The van der Waals surface area contributed by atoms with Crippen LogP contribution in [0.4, 0.5) is 5.69 Å². The zero-order chi connectivity index (χ0) is 17.2. The maximum atomic E-state index is 12.8. The maximum absolute atomic E-state index is 12.8. The maximum Gasteiger partial charge on any atom is 0.271 e. The highest BCUT2D eigenvalue weighted by atomic mass is 16.1. The second-order valence-corrected chi connectivity index (χ2v) is 6.65. The first-order valence-corrected chi connectivity index (χ1v) is 8.60. The highest BCUT2D eigenvalue weighted by molar-refractivity contribution is 5.40. The molecule has 0 atom stereocenters. The Morgan fingerprint density at radius 2 is 1.80 bits per heavy atom. The molecule has 4 rings (SSSR count). The Labute approximate surface area is 146 Å². The van der Waals surface area contributed by atoms with Crippen molar-refractivity contribution in [2.75, 3.05) is 12.3 Å². The van der Waals surface area contributed by atoms with Crippen LogP contribution in [0.2, 0.25) is 0 Å². The van der Waals surface area contributed by atoms with E-state index in [1.807, 2.05) is 48.5 Å². The Hall–Kier alpha value is -2.79. The van der Waals surface area contributed by atoms with Gasteiger partial charge in [0.1, 0.15) is 0 Å². The fourth-order valence-electron chi connectivity index (χ4n) is 3.48. The number of fused-ring (bicyclic) bond motifs is 1. The largest absolute Gasteiger partial charge is 0.399 e. The average molecular weight is 334 g/mol. The number of hydrogen-bond acceptors (Lipinski definition) is 3. The number of hydrogen-bond donors (Lipinski definition) is 2. The van der Waals surface area contributed by atoms with E-state index >= 15 is 0 Å². The van der Waals surface area contributed by atoms with Gasteiger partial charge in [0.15, 0.2) is 0 Å². The zero-order valence-electron chi connectivity index (χ0n) is 14.1. The van der Waals surface area contributed by atoms with Crippen molar-refractivity contribution in [3.8, 4) is 0 Å². The van der Waals surface area contributed by atoms with Crippen LogP contribution in [-0.4, -0.2) is 21.2 Å². The summed E-state index contributed by atoms with van der Waals surface area (Å²) in [6, 6.07) is 18.0. The van der Waals surface area contributed by atoms with Gasteiger partial charge in [-0.3, -0.25) is 14.8 Å². The fourth-order valence-corrected chi connectivity index (χ4v) is 3.48. The molecule has 1 aliphatic heterocycles. The predicted molar refractivity (Wildman–Crippen MR) is 99.3 cm³/mol. The number of aromatic nitrogens is 2. The molecule has 0 spiro atoms. The number of nitrogen functional groups attached to an aromatic ring is 1. The van der Waals surface area contributed by atoms with Crippen LogP contribution in [-0.2, 0) is 26.1 Å². The Balaban J connectivity index is 1.52. The Morgan fingerprint density at radius 1 is 1.00 bits per heavy atom. The number of nitrogens with one attached hydrogen (secondary N) is 1. The number of aromatic amines is 1. The molecule has 5 heteroatoms. The summed E-state index contributed by atoms with van der Waals surface area (Å²) in [7, 11) is 0. The number of benzene rings is 2. The van der Waals surface area contributed by atoms with Crippen LogP contribution >= 0.6 is 0 Å². The predicted octanol–water partition coefficient (Wildman–Crippen LogP) is 2.37. The second kappa shape index (κ2) is 6.61. The number of rotatable bonds is 4. The number of nitrogens with two attached hydrogens (primary N) is 1. The van der Waals surface area contributed by atoms with Crippen molar-refractivity contribution in [3.63, 3.8) is 0 Å². The minimum absolute atomic E-state index is 0.0936. The monoisotopic (exact) mass is 334 g/mol. The second-order valence-electron chi connectivity index (χ2n) is 6.65. The number of anilines is 1. The first-order chi connectivity index (χ1) is 12.2. The smallest absolute Gasteiger partial charge is 0.271 e. The lowest BCUT2D eigenvalue weighted by molar-refractivity contribution is 0.244. The lowest BCUT2D eigenvalue weighted by Crippen LogP contribution is -2.32. The third-order valence-electron chi connectivity index (χ3n) is 4.74. The Kier molecular flexibility index (Phi) is 4.15. The fraction of sp³-hybridized carbons (Fsp3) is 0.250. The molecule has 1 aliphatic rings. The molecule has 0 saturated carbocycles. The van der Waals surface area contributed by atoms with Crippen LogP contribution in [0.3, 0.4) is 0 Å². The quantitative estimate of drug-likeness (QED) is 0.720. The SMILES string of the molecule is Nc1cccc(CN2CCc3[nH]n(Cc4ccccc4)c(=O)c3C2)c1. The van der Waals surface area contributed by atoms with Gasteiger partial charge in [0.05, 0.1) is 12.1 Å². The minimum atomic E-state index is 0.0936. The molecule has 0 fully saturated rings. The molecule has 3 aromatic rings. The summed E-state index contributed by atoms with van der Waals surface area (Å²) in [5.41, 5.74) is 11.0. The van der Waals surface area contributed by atoms with E-state index in [1.165, 1.54) is 5.56 Å². The molecule has 2 heterocycles. The van der Waals surface area contributed by atoms with Gasteiger partial charge in [0.2, 0.25) is 0 Å². The number of H-pyrrole nitrogens is 1. The average Bonchev–Trinajstić information content (AvgIpc) is 2.92. The van der Waals surface area contributed by atoms with E-state index in [9.17, 15) is 4.79 Å². The van der Waals surface area contributed by atoms with Gasteiger partial charge in [-0.25, -0.2) is 4.68 Å². The summed E-state index contributed by atoms with van der Waals surface area (Å²) in [6.07, 6.45) is 0.870. The van der Waals surface area contributed by atoms with Gasteiger partial charge >= 0.3 is 0 Å². The van der Waals surface area contributed by atoms with Crippen LogP contribution < -0.4 is 11.3 Å². The van der Waals surface area contributed by atoms with Gasteiger partial charge in [-0.1, -0.05) is 42.5 Å². The Bertz CT molecular complexity index is 926. The molecule has 5 nitrogen and oxygen atoms in total. The van der Waals surface area contributed by atoms with Gasteiger partial charge in [0.25, 0.3) is 5.56 Å². The van der Waals surface area contributed by atoms with Gasteiger partial charge < -0.3 is 5.73 Å². The first-order valence-electron chi connectivity index (χ1n) is 8.60. The van der Waals surface area contributed by atoms with Crippen molar-refractivity contribution in [2.24, 2.45) is 0 Å². The van der Waals surface area contributed by atoms with E-state index in [0.717, 1.165) is 42.0 Å². The summed E-state index contributed by atoms with van der Waals surface area (Å²) < 4.78 is 1.73. The van der Waals surface area contributed by atoms with Crippen LogP contribution in [0.5, 0.6) is 0 Å². The van der Waals surface area contributed by atoms with Crippen molar-refractivity contribution in [3.05, 3.63) is 87.3 Å². The van der Waals surface area contributed by atoms with E-state index in [0.29, 0.717) is 13.1 Å². The third-order valence-corrected chi connectivity index (χ3v) is 4.74. The summed E-state index contributed by atoms with van der Waals surface area (Å²) in [5, 5.41) is 3.30. The van der Waals surface area contributed by atoms with E-state index in [-0.39, 0.29) is 5.56 Å². The lowest BCUT2D eigenvalue weighted by Gasteiger charge is -2.25. The highest BCUT2D eigenvalue weighted by Crippen LogP contribution is 2.18. The van der Waals surface area contributed by atoms with Crippen molar-refractivity contribution >= 4 is 5.69 Å². The minimum Gasteiger partial charge on any atom is -0.399 e. The third kappa shape index (κ3) is 3.37. The molecule has 25 heavy (non-hydrogen) atoms. The molecule has 0 unspecified atom stereocenters. The van der Waals surface area contributed by atoms with E-state index in [2.05, 4.69) is 16.1 Å². The molecule has 1 aromatic heterocycles. The van der Waals surface area contributed by atoms with Gasteiger partial charge in [-0.05, 0) is 23.3 Å². The molecule has 2 aromatic carbocycles. The van der Waals surface area contributed by atoms with E-state index in [4.69, 9.17) is 5.73 Å². The summed E-state index contributed by atoms with van der Waals surface area (Å²) in [4.78, 5) is 15.1. The van der Waals surface area contributed by atoms with Crippen molar-refractivity contribution in [1.29, 1.82) is 0 Å². The van der Waals surface area contributed by atoms with Crippen molar-refractivity contribution < 1.29 is 0 Å². The number of nitrogens with zero attached hydrogens (tertiary/aromatic N) is 2. The molecule has 3 N–H and O–H groups in total. The van der Waals surface area contributed by atoms with Gasteiger partial charge in [-0.2, -0.15) is 0 Å². The summed E-state index contributed by atoms with van der Waals surface area (Å²) in [6.45, 7) is 3.02. The van der Waals surface area contributed by atoms with Crippen molar-refractivity contribution in [1.82, 2.24) is 14.7 Å². The highest BCUT2D eigenvalue weighted by Gasteiger charge is 2.22. The van der Waals surface area contributed by atoms with E-state index < -0.39 is 0 Å². The van der Waals surface area contributed by atoms with Crippen LogP contribution in [0.1, 0.15) is 22.4 Å². The van der Waals surface area contributed by atoms with Crippen molar-refractivity contribution in [2.45, 2.75) is 26.1 Å². The summed E-state index contributed by atoms with van der Waals surface area (Å²) in [5.74, 6) is 0. The summed E-state index contributed by atoms with van der Waals surface area (Å²) >= 11 is 0. The van der Waals surface area contributed by atoms with Crippen LogP contribution in [0.15, 0.2) is 59.4 Å². The molecule has 0 saturated heterocycles. The molecular weight excluding hydrogens is 312 g/mol. The van der Waals surface area contributed by atoms with Gasteiger partial charge in [0, 0.05) is 37.4 Å². The van der Waals surface area contributed by atoms with Crippen LogP contribution in [0, 0.1) is 0 Å². The van der Waals surface area contributed by atoms with E-state index in [1.54, 1.807) is 4.68 Å². The normalized spacial score (nSPS) is 14.4. The molecule has 0 bridgehead atoms. The topological polar surface area (TPSA) is 67.0 Å². The standard InChI is InChI=1S/C20H22N4O/c21-17-8-4-7-16(11-17)12-23-10-9-19-18(14-23)20(25)24(22-19)13-15-5-2-1-3-6-15/h1-8,11,22H,9-10,12-14,21H2. The first kappa shape index (κ1) is 15.7. The molecule has 0 amide bonds. The van der Waals surface area contributed by atoms with Crippen LogP contribution in [0.25, 0.3) is 0 Å². The molecule has 0 aliphatic carbocycles. The molecular formula is C20H22N4O.